The number of halogens is 1. The molecule has 0 aliphatic heterocycles. The van der Waals surface area contributed by atoms with Gasteiger partial charge in [0.05, 0.1) is 13.2 Å². The van der Waals surface area contributed by atoms with Crippen LogP contribution in [0.1, 0.15) is 28.4 Å². The first-order valence-corrected chi connectivity index (χ1v) is 13.4. The van der Waals surface area contributed by atoms with Crippen molar-refractivity contribution < 1.29 is 19.1 Å². The summed E-state index contributed by atoms with van der Waals surface area (Å²) in [4.78, 5) is 33.7. The number of nitrogens with zero attached hydrogens (tertiary/aromatic N) is 2. The number of fused-ring (bicyclic) bond motifs is 1. The predicted octanol–water partition coefficient (Wildman–Crippen LogP) is 5.58. The van der Waals surface area contributed by atoms with E-state index in [9.17, 15) is 9.59 Å². The molecule has 0 radical (unpaired) electrons. The zero-order chi connectivity index (χ0) is 27.6. The van der Waals surface area contributed by atoms with Crippen molar-refractivity contribution in [3.05, 3.63) is 101 Å². The zero-order valence-electron chi connectivity index (χ0n) is 22.4. The van der Waals surface area contributed by atoms with Gasteiger partial charge in [0.1, 0.15) is 12.3 Å². The van der Waals surface area contributed by atoms with Crippen LogP contribution in [0.25, 0.3) is 10.9 Å². The van der Waals surface area contributed by atoms with E-state index in [0.29, 0.717) is 43.3 Å². The largest absolute Gasteiger partial charge is 0.494 e. The third-order valence-corrected chi connectivity index (χ3v) is 6.77. The molecule has 0 saturated carbocycles. The summed E-state index contributed by atoms with van der Waals surface area (Å²) in [6.45, 7) is 3.97. The number of H-pyrrole nitrogens is 1. The van der Waals surface area contributed by atoms with Gasteiger partial charge in [0.25, 0.3) is 5.91 Å². The molecule has 1 heterocycles. The van der Waals surface area contributed by atoms with Gasteiger partial charge in [-0.3, -0.25) is 9.59 Å². The Morgan fingerprint density at radius 1 is 0.949 bits per heavy atom. The number of carbonyl (C=O) groups is 2. The molecule has 4 aromatic rings. The number of aromatic nitrogens is 1. The number of methoxy groups -OCH3 is 1. The maximum atomic E-state index is 13.7. The standard InChI is InChI=1S/C31H34ClN3O4/c1-3-39-27-13-11-23(12-14-27)21-34(16-15-25-20-33-29-10-5-4-9-28(25)29)30(36)22-35(17-18-38-2)31(37)24-7-6-8-26(32)19-24/h4-14,19-20,33H,3,15-18,21-22H2,1-2H3. The first-order chi connectivity index (χ1) is 19.0. The van der Waals surface area contributed by atoms with E-state index in [-0.39, 0.29) is 24.9 Å². The van der Waals surface area contributed by atoms with Crippen molar-refractivity contribution in [1.82, 2.24) is 14.8 Å². The lowest BCUT2D eigenvalue weighted by molar-refractivity contribution is -0.132. The van der Waals surface area contributed by atoms with Gasteiger partial charge in [-0.05, 0) is 60.9 Å². The summed E-state index contributed by atoms with van der Waals surface area (Å²) in [6, 6.07) is 22.6. The number of rotatable bonds is 13. The summed E-state index contributed by atoms with van der Waals surface area (Å²) in [5.41, 5.74) is 3.62. The number of ether oxygens (including phenoxy) is 2. The summed E-state index contributed by atoms with van der Waals surface area (Å²) in [7, 11) is 1.57. The van der Waals surface area contributed by atoms with Crippen molar-refractivity contribution in [2.75, 3.05) is 40.0 Å². The van der Waals surface area contributed by atoms with Gasteiger partial charge in [0, 0.05) is 54.4 Å². The van der Waals surface area contributed by atoms with Gasteiger partial charge in [-0.1, -0.05) is 48.0 Å². The molecule has 4 rings (SSSR count). The molecule has 0 bridgehead atoms. The highest BCUT2D eigenvalue weighted by atomic mass is 35.5. The number of nitrogens with one attached hydrogen (secondary N) is 1. The Bertz CT molecular complexity index is 1390. The normalized spacial score (nSPS) is 10.9. The van der Waals surface area contributed by atoms with Crippen LogP contribution in [-0.4, -0.2) is 66.6 Å². The summed E-state index contributed by atoms with van der Waals surface area (Å²) < 4.78 is 10.8. The second kappa shape index (κ2) is 13.8. The molecular formula is C31H34ClN3O4. The van der Waals surface area contributed by atoms with Crippen LogP contribution in [0.2, 0.25) is 5.02 Å². The third-order valence-electron chi connectivity index (χ3n) is 6.54. The van der Waals surface area contributed by atoms with Crippen LogP contribution in [0.5, 0.6) is 5.75 Å². The van der Waals surface area contributed by atoms with E-state index in [1.807, 2.05) is 60.5 Å². The van der Waals surface area contributed by atoms with Crippen molar-refractivity contribution >= 4 is 34.3 Å². The highest BCUT2D eigenvalue weighted by Crippen LogP contribution is 2.20. The summed E-state index contributed by atoms with van der Waals surface area (Å²) >= 11 is 6.12. The van der Waals surface area contributed by atoms with Crippen molar-refractivity contribution in [3.63, 3.8) is 0 Å². The zero-order valence-corrected chi connectivity index (χ0v) is 23.1. The van der Waals surface area contributed by atoms with E-state index < -0.39 is 0 Å². The smallest absolute Gasteiger partial charge is 0.254 e. The van der Waals surface area contributed by atoms with Crippen LogP contribution in [-0.2, 0) is 22.5 Å². The molecule has 0 spiro atoms. The monoisotopic (exact) mass is 547 g/mol. The molecule has 204 valence electrons. The SMILES string of the molecule is CCOc1ccc(CN(CCc2c[nH]c3ccccc23)C(=O)CN(CCOC)C(=O)c2cccc(Cl)c2)cc1. The number of hydrogen-bond donors (Lipinski definition) is 1. The van der Waals surface area contributed by atoms with E-state index in [1.165, 1.54) is 4.90 Å². The molecule has 0 aliphatic rings. The lowest BCUT2D eigenvalue weighted by Gasteiger charge is -2.28. The second-order valence-corrected chi connectivity index (χ2v) is 9.67. The minimum atomic E-state index is -0.263. The molecule has 2 amide bonds. The van der Waals surface area contributed by atoms with E-state index in [2.05, 4.69) is 11.1 Å². The summed E-state index contributed by atoms with van der Waals surface area (Å²) in [5, 5.41) is 1.61. The third kappa shape index (κ3) is 7.62. The van der Waals surface area contributed by atoms with Crippen molar-refractivity contribution in [2.45, 2.75) is 19.9 Å². The minimum absolute atomic E-state index is 0.0698. The highest BCUT2D eigenvalue weighted by Gasteiger charge is 2.23. The Balaban J connectivity index is 1.54. The van der Waals surface area contributed by atoms with E-state index in [0.717, 1.165) is 27.8 Å². The van der Waals surface area contributed by atoms with Crippen LogP contribution >= 0.6 is 11.6 Å². The fraction of sp³-hybridized carbons (Fsp3) is 0.290. The van der Waals surface area contributed by atoms with Crippen LogP contribution in [0.3, 0.4) is 0 Å². The van der Waals surface area contributed by atoms with Gasteiger partial charge in [-0.2, -0.15) is 0 Å². The highest BCUT2D eigenvalue weighted by molar-refractivity contribution is 6.31. The average Bonchev–Trinajstić information content (AvgIpc) is 3.37. The number of aromatic amines is 1. The predicted molar refractivity (Wildman–Crippen MR) is 154 cm³/mol. The molecule has 1 N–H and O–H groups in total. The lowest BCUT2D eigenvalue weighted by Crippen LogP contribution is -2.44. The van der Waals surface area contributed by atoms with Crippen LogP contribution in [0.15, 0.2) is 79.0 Å². The maximum absolute atomic E-state index is 13.7. The minimum Gasteiger partial charge on any atom is -0.494 e. The van der Waals surface area contributed by atoms with Crippen molar-refractivity contribution in [1.29, 1.82) is 0 Å². The molecule has 3 aromatic carbocycles. The van der Waals surface area contributed by atoms with Crippen LogP contribution < -0.4 is 4.74 Å². The number of para-hydroxylation sites is 1. The molecule has 0 atom stereocenters. The van der Waals surface area contributed by atoms with Gasteiger partial charge >= 0.3 is 0 Å². The van der Waals surface area contributed by atoms with Gasteiger partial charge in [-0.25, -0.2) is 0 Å². The lowest BCUT2D eigenvalue weighted by atomic mass is 10.1. The van der Waals surface area contributed by atoms with Gasteiger partial charge in [0.15, 0.2) is 0 Å². The molecule has 7 nitrogen and oxygen atoms in total. The van der Waals surface area contributed by atoms with E-state index in [1.54, 1.807) is 31.4 Å². The molecule has 0 saturated heterocycles. The summed E-state index contributed by atoms with van der Waals surface area (Å²) in [6.07, 6.45) is 2.67. The van der Waals surface area contributed by atoms with Crippen LogP contribution in [0.4, 0.5) is 0 Å². The van der Waals surface area contributed by atoms with Gasteiger partial charge < -0.3 is 24.3 Å². The molecule has 0 unspecified atom stereocenters. The Kier molecular flexibility index (Phi) is 10.00. The second-order valence-electron chi connectivity index (χ2n) is 9.23. The first kappa shape index (κ1) is 28.2. The van der Waals surface area contributed by atoms with Gasteiger partial charge in [-0.15, -0.1) is 0 Å². The first-order valence-electron chi connectivity index (χ1n) is 13.1. The average molecular weight is 548 g/mol. The molecular weight excluding hydrogens is 514 g/mol. The number of carbonyl (C=O) groups excluding carboxylic acids is 2. The molecule has 1 aromatic heterocycles. The Morgan fingerprint density at radius 2 is 1.74 bits per heavy atom. The number of hydrogen-bond acceptors (Lipinski definition) is 4. The Labute approximate surface area is 234 Å². The Morgan fingerprint density at radius 3 is 2.49 bits per heavy atom. The molecule has 0 aliphatic carbocycles. The molecule has 0 fully saturated rings. The molecule has 8 heteroatoms. The van der Waals surface area contributed by atoms with E-state index >= 15 is 0 Å². The quantitative estimate of drug-likeness (QED) is 0.237. The number of benzene rings is 3. The maximum Gasteiger partial charge on any atom is 0.254 e. The van der Waals surface area contributed by atoms with Crippen LogP contribution in [0, 0.1) is 0 Å². The fourth-order valence-electron chi connectivity index (χ4n) is 4.49. The number of amides is 2. The Hall–Kier alpha value is -3.81. The topological polar surface area (TPSA) is 74.9 Å². The molecule has 39 heavy (non-hydrogen) atoms. The fourth-order valence-corrected chi connectivity index (χ4v) is 4.68. The van der Waals surface area contributed by atoms with E-state index in [4.69, 9.17) is 21.1 Å². The van der Waals surface area contributed by atoms with Crippen molar-refractivity contribution in [2.24, 2.45) is 0 Å². The summed E-state index contributed by atoms with van der Waals surface area (Å²) in [5.74, 6) is 0.381. The van der Waals surface area contributed by atoms with Crippen molar-refractivity contribution in [3.8, 4) is 5.75 Å². The van der Waals surface area contributed by atoms with Gasteiger partial charge in [0.2, 0.25) is 5.91 Å².